The molecule has 0 aliphatic carbocycles. The van der Waals surface area contributed by atoms with Gasteiger partial charge in [0.1, 0.15) is 5.70 Å². The Bertz CT molecular complexity index is 1260. The van der Waals surface area contributed by atoms with E-state index >= 15 is 0 Å². The Balaban J connectivity index is 1.93. The molecule has 0 unspecified atom stereocenters. The predicted octanol–water partition coefficient (Wildman–Crippen LogP) is 4.74. The minimum atomic E-state index is -0.376. The maximum Gasteiger partial charge on any atom is 0.282 e. The second kappa shape index (κ2) is 8.82. The summed E-state index contributed by atoms with van der Waals surface area (Å²) >= 11 is 0. The van der Waals surface area contributed by atoms with Crippen LogP contribution < -0.4 is 19.3 Å². The van der Waals surface area contributed by atoms with Crippen LogP contribution in [-0.2, 0) is 9.59 Å². The van der Waals surface area contributed by atoms with Crippen LogP contribution in [0.3, 0.4) is 0 Å². The molecule has 0 saturated heterocycles. The fourth-order valence-electron chi connectivity index (χ4n) is 4.06. The minimum absolute atomic E-state index is 0.305. The van der Waals surface area contributed by atoms with Crippen LogP contribution in [0.25, 0.3) is 5.57 Å². The highest BCUT2D eigenvalue weighted by Gasteiger charge is 2.42. The Labute approximate surface area is 193 Å². The second-order valence-electron chi connectivity index (χ2n) is 7.85. The van der Waals surface area contributed by atoms with E-state index < -0.39 is 0 Å². The standard InChI is InChI=1S/C27H26N2O4/c1-17-10-9-13-21(18(17)2)29-26(30)24(19-14-15-22(32-4)23(16-19)33-5)25(27(29)31)28(3)20-11-7-6-8-12-20/h6-16H,1-5H3. The molecule has 3 aromatic carbocycles. The quantitative estimate of drug-likeness (QED) is 0.516. The fraction of sp³-hybridized carbons (Fsp3) is 0.185. The van der Waals surface area contributed by atoms with Gasteiger partial charge in [-0.1, -0.05) is 36.4 Å². The van der Waals surface area contributed by atoms with Crippen LogP contribution in [0.1, 0.15) is 16.7 Å². The van der Waals surface area contributed by atoms with E-state index in [1.165, 1.54) is 12.0 Å². The molecule has 0 spiro atoms. The number of amides is 2. The van der Waals surface area contributed by atoms with Gasteiger partial charge >= 0.3 is 0 Å². The molecule has 0 saturated carbocycles. The lowest BCUT2D eigenvalue weighted by Crippen LogP contribution is -2.34. The zero-order chi connectivity index (χ0) is 23.7. The van der Waals surface area contributed by atoms with Crippen LogP contribution in [0.4, 0.5) is 11.4 Å². The average molecular weight is 443 g/mol. The first-order valence-electron chi connectivity index (χ1n) is 10.6. The second-order valence-corrected chi connectivity index (χ2v) is 7.85. The van der Waals surface area contributed by atoms with Crippen molar-refractivity contribution in [2.24, 2.45) is 0 Å². The average Bonchev–Trinajstić information content (AvgIpc) is 3.10. The number of imide groups is 1. The largest absolute Gasteiger partial charge is 0.493 e. The van der Waals surface area contributed by atoms with Gasteiger partial charge in [0.2, 0.25) is 0 Å². The molecule has 0 aromatic heterocycles. The zero-order valence-corrected chi connectivity index (χ0v) is 19.4. The molecule has 1 aliphatic rings. The lowest BCUT2D eigenvalue weighted by molar-refractivity contribution is -0.120. The van der Waals surface area contributed by atoms with Crippen molar-refractivity contribution in [3.63, 3.8) is 0 Å². The first-order chi connectivity index (χ1) is 15.9. The number of nitrogens with zero attached hydrogens (tertiary/aromatic N) is 2. The Morgan fingerprint density at radius 3 is 2.15 bits per heavy atom. The molecule has 1 aliphatic heterocycles. The molecular formula is C27H26N2O4. The lowest BCUT2D eigenvalue weighted by Gasteiger charge is -2.22. The van der Waals surface area contributed by atoms with Crippen LogP contribution in [0, 0.1) is 13.8 Å². The number of methoxy groups -OCH3 is 2. The first-order valence-corrected chi connectivity index (χ1v) is 10.6. The van der Waals surface area contributed by atoms with Gasteiger partial charge < -0.3 is 14.4 Å². The van der Waals surface area contributed by atoms with Gasteiger partial charge in [-0.2, -0.15) is 0 Å². The molecular weight excluding hydrogens is 416 g/mol. The molecule has 0 radical (unpaired) electrons. The molecule has 0 bridgehead atoms. The normalized spacial score (nSPS) is 13.5. The number of ether oxygens (including phenoxy) is 2. The Kier molecular flexibility index (Phi) is 5.92. The third-order valence-corrected chi connectivity index (χ3v) is 6.03. The van der Waals surface area contributed by atoms with E-state index in [0.717, 1.165) is 16.8 Å². The summed E-state index contributed by atoms with van der Waals surface area (Å²) < 4.78 is 10.8. The Morgan fingerprint density at radius 2 is 1.48 bits per heavy atom. The van der Waals surface area contributed by atoms with Gasteiger partial charge in [0.25, 0.3) is 11.8 Å². The number of carbonyl (C=O) groups excluding carboxylic acids is 2. The summed E-state index contributed by atoms with van der Waals surface area (Å²) in [5.74, 6) is 0.279. The summed E-state index contributed by atoms with van der Waals surface area (Å²) in [7, 11) is 4.89. The third kappa shape index (κ3) is 3.74. The Hall–Kier alpha value is -4.06. The molecule has 0 atom stereocenters. The summed E-state index contributed by atoms with van der Waals surface area (Å²) in [4.78, 5) is 30.7. The number of hydrogen-bond acceptors (Lipinski definition) is 5. The van der Waals surface area contributed by atoms with Gasteiger partial charge in [0, 0.05) is 12.7 Å². The molecule has 4 rings (SSSR count). The highest BCUT2D eigenvalue weighted by molar-refractivity contribution is 6.46. The molecule has 33 heavy (non-hydrogen) atoms. The summed E-state index contributed by atoms with van der Waals surface area (Å²) in [5.41, 5.74) is 4.47. The minimum Gasteiger partial charge on any atom is -0.493 e. The van der Waals surface area contributed by atoms with E-state index in [1.807, 2.05) is 56.3 Å². The SMILES string of the molecule is COc1ccc(C2=C(N(C)c3ccccc3)C(=O)N(c3cccc(C)c3C)C2=O)cc1OC. The third-order valence-electron chi connectivity index (χ3n) is 6.03. The van der Waals surface area contributed by atoms with Gasteiger partial charge in [-0.25, -0.2) is 4.90 Å². The molecule has 3 aromatic rings. The maximum absolute atomic E-state index is 13.8. The van der Waals surface area contributed by atoms with Crippen LogP contribution in [0.15, 0.2) is 72.4 Å². The van der Waals surface area contributed by atoms with Crippen LogP contribution >= 0.6 is 0 Å². The predicted molar refractivity (Wildman–Crippen MR) is 130 cm³/mol. The maximum atomic E-state index is 13.8. The van der Waals surface area contributed by atoms with Crippen molar-refractivity contribution < 1.29 is 19.1 Å². The molecule has 1 heterocycles. The number of rotatable bonds is 6. The van der Waals surface area contributed by atoms with Crippen molar-refractivity contribution in [1.29, 1.82) is 0 Å². The van der Waals surface area contributed by atoms with Crippen molar-refractivity contribution in [1.82, 2.24) is 0 Å². The number of anilines is 2. The van der Waals surface area contributed by atoms with E-state index in [4.69, 9.17) is 9.47 Å². The van der Waals surface area contributed by atoms with Crippen molar-refractivity contribution in [3.8, 4) is 11.5 Å². The molecule has 6 nitrogen and oxygen atoms in total. The number of benzene rings is 3. The molecule has 0 N–H and O–H groups in total. The summed E-state index contributed by atoms with van der Waals surface area (Å²) in [6.45, 7) is 3.88. The highest BCUT2D eigenvalue weighted by Crippen LogP contribution is 2.39. The van der Waals surface area contributed by atoms with E-state index in [2.05, 4.69) is 0 Å². The summed E-state index contributed by atoms with van der Waals surface area (Å²) in [6.07, 6.45) is 0. The van der Waals surface area contributed by atoms with Gasteiger partial charge in [0.05, 0.1) is 25.5 Å². The summed E-state index contributed by atoms with van der Waals surface area (Å²) in [5, 5.41) is 0. The lowest BCUT2D eigenvalue weighted by atomic mass is 10.0. The van der Waals surface area contributed by atoms with E-state index in [1.54, 1.807) is 43.3 Å². The highest BCUT2D eigenvalue weighted by atomic mass is 16.5. The number of carbonyl (C=O) groups is 2. The molecule has 2 amide bonds. The summed E-state index contributed by atoms with van der Waals surface area (Å²) in [6, 6.07) is 20.3. The van der Waals surface area contributed by atoms with Crippen molar-refractivity contribution in [2.75, 3.05) is 31.1 Å². The zero-order valence-electron chi connectivity index (χ0n) is 19.4. The van der Waals surface area contributed by atoms with Gasteiger partial charge in [0.15, 0.2) is 11.5 Å². The first kappa shape index (κ1) is 22.1. The monoisotopic (exact) mass is 442 g/mol. The van der Waals surface area contributed by atoms with E-state index in [-0.39, 0.29) is 11.8 Å². The Morgan fingerprint density at radius 1 is 0.788 bits per heavy atom. The van der Waals surface area contributed by atoms with Crippen molar-refractivity contribution >= 4 is 28.8 Å². The van der Waals surface area contributed by atoms with Crippen molar-refractivity contribution in [2.45, 2.75) is 13.8 Å². The van der Waals surface area contributed by atoms with E-state index in [0.29, 0.717) is 34.0 Å². The van der Waals surface area contributed by atoms with Crippen LogP contribution in [-0.4, -0.2) is 33.1 Å². The molecule has 168 valence electrons. The topological polar surface area (TPSA) is 59.1 Å². The van der Waals surface area contributed by atoms with Crippen molar-refractivity contribution in [3.05, 3.63) is 89.1 Å². The number of aryl methyl sites for hydroxylation is 1. The smallest absolute Gasteiger partial charge is 0.282 e. The number of hydrogen-bond donors (Lipinski definition) is 0. The van der Waals surface area contributed by atoms with Crippen LogP contribution in [0.2, 0.25) is 0 Å². The van der Waals surface area contributed by atoms with Gasteiger partial charge in [-0.15, -0.1) is 0 Å². The number of likely N-dealkylation sites (N-methyl/N-ethyl adjacent to an activating group) is 1. The van der Waals surface area contributed by atoms with Gasteiger partial charge in [-0.3, -0.25) is 9.59 Å². The molecule has 0 fully saturated rings. The van der Waals surface area contributed by atoms with E-state index in [9.17, 15) is 9.59 Å². The van der Waals surface area contributed by atoms with Crippen LogP contribution in [0.5, 0.6) is 11.5 Å². The number of para-hydroxylation sites is 1. The van der Waals surface area contributed by atoms with Gasteiger partial charge in [-0.05, 0) is 60.9 Å². The molecule has 6 heteroatoms. The fourth-order valence-corrected chi connectivity index (χ4v) is 4.06.